The second-order valence-corrected chi connectivity index (χ2v) is 12.3. The van der Waals surface area contributed by atoms with Crippen LogP contribution in [0, 0.1) is 5.92 Å². The average molecular weight is 661 g/mol. The number of carbonyl (C=O) groups is 7. The summed E-state index contributed by atoms with van der Waals surface area (Å²) in [4.78, 5) is 90.7. The lowest BCUT2D eigenvalue weighted by atomic mass is 10.0. The molecule has 0 aromatic heterocycles. The molecule has 1 aromatic carbocycles. The number of aliphatic hydroxyl groups is 1. The first kappa shape index (κ1) is 38.5. The largest absolute Gasteiger partial charge is 0.398 e. The van der Waals surface area contributed by atoms with Gasteiger partial charge in [0.2, 0.25) is 35.4 Å². The fraction of sp³-hybridized carbons (Fsp3) is 0.581. The zero-order valence-electron chi connectivity index (χ0n) is 27.7. The van der Waals surface area contributed by atoms with Crippen molar-refractivity contribution in [3.05, 3.63) is 29.8 Å². The normalized spacial score (nSPS) is 18.1. The van der Waals surface area contributed by atoms with Crippen LogP contribution in [0.5, 0.6) is 0 Å². The molecule has 0 bridgehead atoms. The number of primary amides is 1. The summed E-state index contributed by atoms with van der Waals surface area (Å²) in [6.07, 6.45) is -0.225. The molecule has 10 N–H and O–H groups in total. The molecule has 16 nitrogen and oxygen atoms in total. The fourth-order valence-corrected chi connectivity index (χ4v) is 4.97. The van der Waals surface area contributed by atoms with E-state index >= 15 is 0 Å². The summed E-state index contributed by atoms with van der Waals surface area (Å²) >= 11 is 0. The van der Waals surface area contributed by atoms with Gasteiger partial charge >= 0.3 is 0 Å². The van der Waals surface area contributed by atoms with Gasteiger partial charge in [-0.25, -0.2) is 0 Å². The lowest BCUT2D eigenvalue weighted by molar-refractivity contribution is -0.141. The zero-order chi connectivity index (χ0) is 35.6. The molecule has 16 heteroatoms. The monoisotopic (exact) mass is 660 g/mol. The zero-order valence-corrected chi connectivity index (χ0v) is 27.7. The van der Waals surface area contributed by atoms with Crippen LogP contribution in [0.4, 0.5) is 5.69 Å². The van der Waals surface area contributed by atoms with Gasteiger partial charge in [0, 0.05) is 12.2 Å². The molecule has 0 unspecified atom stereocenters. The summed E-state index contributed by atoms with van der Waals surface area (Å²) in [6.45, 7) is 9.41. The van der Waals surface area contributed by atoms with Crippen molar-refractivity contribution < 1.29 is 38.7 Å². The molecule has 0 radical (unpaired) electrons. The molecule has 0 aliphatic carbocycles. The molecular weight excluding hydrogens is 612 g/mol. The van der Waals surface area contributed by atoms with E-state index in [4.69, 9.17) is 11.5 Å². The molecule has 7 amide bonds. The lowest BCUT2D eigenvalue weighted by Gasteiger charge is -2.30. The predicted molar refractivity (Wildman–Crippen MR) is 172 cm³/mol. The first-order valence-electron chi connectivity index (χ1n) is 15.6. The molecule has 0 saturated carbocycles. The standard InChI is InChI=1S/C31H48N8O8/c1-15(2)14-22(37-28(44)20-10-7-8-11-21(20)32)31(47)39-13-9-12-23(39)29(45)35-18(5)27(43)38-24(19(6)40)30(46)36-17(4)26(42)34-16(3)25(33)41/h7-8,10-11,15-19,22-24,40H,9,12-14,32H2,1-6H3,(H2,33,41)(H,34,42)(H,35,45)(H,36,46)(H,37,44)(H,38,43)/t16-,17-,18-,19+,22-,23-,24-/m0/s1. The van der Waals surface area contributed by atoms with Crippen LogP contribution in [0.2, 0.25) is 0 Å². The number of aliphatic hydroxyl groups excluding tert-OH is 1. The van der Waals surface area contributed by atoms with Gasteiger partial charge in [-0.05, 0) is 65.0 Å². The Morgan fingerprint density at radius 2 is 1.40 bits per heavy atom. The maximum atomic E-state index is 13.7. The third-order valence-electron chi connectivity index (χ3n) is 7.71. The number of hydrogen-bond donors (Lipinski definition) is 8. The van der Waals surface area contributed by atoms with E-state index in [0.717, 1.165) is 0 Å². The van der Waals surface area contributed by atoms with E-state index in [2.05, 4.69) is 26.6 Å². The Morgan fingerprint density at radius 3 is 1.98 bits per heavy atom. The molecule has 1 aliphatic rings. The highest BCUT2D eigenvalue weighted by Crippen LogP contribution is 2.21. The SMILES string of the molecule is CC(C)C[C@H](NC(=O)c1ccccc1N)C(=O)N1CCC[C@H]1C(=O)N[C@@H](C)C(=O)N[C@H](C(=O)N[C@@H](C)C(=O)N[C@@H](C)C(N)=O)[C@@H](C)O. The minimum atomic E-state index is -1.49. The number of amides is 7. The number of nitrogens with zero attached hydrogens (tertiary/aromatic N) is 1. The third-order valence-corrected chi connectivity index (χ3v) is 7.71. The van der Waals surface area contributed by atoms with Gasteiger partial charge in [0.15, 0.2) is 0 Å². The van der Waals surface area contributed by atoms with Crippen molar-refractivity contribution in [1.82, 2.24) is 31.5 Å². The summed E-state index contributed by atoms with van der Waals surface area (Å²) in [5.74, 6) is -4.70. The van der Waals surface area contributed by atoms with Crippen LogP contribution < -0.4 is 38.1 Å². The Balaban J connectivity index is 2.07. The van der Waals surface area contributed by atoms with E-state index in [1.54, 1.807) is 24.3 Å². The number of likely N-dealkylation sites (tertiary alicyclic amines) is 1. The number of hydrogen-bond acceptors (Lipinski definition) is 9. The minimum Gasteiger partial charge on any atom is -0.398 e. The maximum Gasteiger partial charge on any atom is 0.254 e. The molecule has 1 aromatic rings. The Labute approximate surface area is 274 Å². The van der Waals surface area contributed by atoms with E-state index in [9.17, 15) is 38.7 Å². The lowest BCUT2D eigenvalue weighted by Crippen LogP contribution is -2.60. The van der Waals surface area contributed by atoms with Gasteiger partial charge < -0.3 is 48.1 Å². The van der Waals surface area contributed by atoms with Crippen LogP contribution in [0.25, 0.3) is 0 Å². The highest BCUT2D eigenvalue weighted by atomic mass is 16.3. The number of anilines is 1. The Bertz CT molecular complexity index is 1340. The van der Waals surface area contributed by atoms with Gasteiger partial charge in [-0.3, -0.25) is 33.6 Å². The van der Waals surface area contributed by atoms with Crippen LogP contribution in [0.3, 0.4) is 0 Å². The number of nitrogen functional groups attached to an aromatic ring is 1. The van der Waals surface area contributed by atoms with Gasteiger partial charge in [0.05, 0.1) is 11.7 Å². The number of para-hydroxylation sites is 1. The van der Waals surface area contributed by atoms with Gasteiger partial charge in [-0.1, -0.05) is 26.0 Å². The van der Waals surface area contributed by atoms with Gasteiger partial charge in [0.25, 0.3) is 5.91 Å². The molecule has 2 rings (SSSR count). The van der Waals surface area contributed by atoms with Crippen molar-refractivity contribution in [1.29, 1.82) is 0 Å². The second-order valence-electron chi connectivity index (χ2n) is 12.3. The highest BCUT2D eigenvalue weighted by molar-refractivity contribution is 6.02. The van der Waals surface area contributed by atoms with Crippen molar-refractivity contribution in [2.75, 3.05) is 12.3 Å². The highest BCUT2D eigenvalue weighted by Gasteiger charge is 2.39. The van der Waals surface area contributed by atoms with E-state index in [1.807, 2.05) is 13.8 Å². The summed E-state index contributed by atoms with van der Waals surface area (Å²) < 4.78 is 0. The van der Waals surface area contributed by atoms with Crippen molar-refractivity contribution in [3.8, 4) is 0 Å². The Kier molecular flexibility index (Phi) is 14.1. The molecular formula is C31H48N8O8. The molecule has 1 heterocycles. The van der Waals surface area contributed by atoms with Crippen LogP contribution in [-0.2, 0) is 28.8 Å². The number of carbonyl (C=O) groups excluding carboxylic acids is 7. The maximum absolute atomic E-state index is 13.7. The second kappa shape index (κ2) is 17.3. The molecule has 260 valence electrons. The van der Waals surface area contributed by atoms with Crippen LogP contribution in [0.15, 0.2) is 24.3 Å². The molecule has 7 atom stereocenters. The van der Waals surface area contributed by atoms with Crippen molar-refractivity contribution in [2.24, 2.45) is 11.7 Å². The van der Waals surface area contributed by atoms with E-state index in [0.29, 0.717) is 19.3 Å². The first-order chi connectivity index (χ1) is 21.9. The quantitative estimate of drug-likeness (QED) is 0.0993. The van der Waals surface area contributed by atoms with Crippen molar-refractivity contribution in [3.63, 3.8) is 0 Å². The van der Waals surface area contributed by atoms with E-state index in [-0.39, 0.29) is 23.7 Å². The van der Waals surface area contributed by atoms with Gasteiger partial charge in [-0.15, -0.1) is 0 Å². The number of benzene rings is 1. The van der Waals surface area contributed by atoms with Crippen LogP contribution in [-0.4, -0.2) is 100 Å². The molecule has 1 saturated heterocycles. The molecule has 47 heavy (non-hydrogen) atoms. The predicted octanol–water partition coefficient (Wildman–Crippen LogP) is -1.73. The van der Waals surface area contributed by atoms with Crippen molar-refractivity contribution in [2.45, 2.75) is 103 Å². The number of nitrogens with one attached hydrogen (secondary N) is 5. The number of nitrogens with two attached hydrogens (primary N) is 2. The van der Waals surface area contributed by atoms with Gasteiger partial charge in [-0.2, -0.15) is 0 Å². The Hall–Kier alpha value is -4.73. The first-order valence-corrected chi connectivity index (χ1v) is 15.6. The third kappa shape index (κ3) is 10.9. The fourth-order valence-electron chi connectivity index (χ4n) is 4.97. The Morgan fingerprint density at radius 1 is 0.830 bits per heavy atom. The van der Waals surface area contributed by atoms with E-state index < -0.39 is 83.7 Å². The van der Waals surface area contributed by atoms with Crippen LogP contribution in [0.1, 0.15) is 71.2 Å². The summed E-state index contributed by atoms with van der Waals surface area (Å²) in [5, 5.41) is 22.6. The van der Waals surface area contributed by atoms with Crippen LogP contribution >= 0.6 is 0 Å². The number of rotatable bonds is 15. The van der Waals surface area contributed by atoms with E-state index in [1.165, 1.54) is 32.6 Å². The van der Waals surface area contributed by atoms with Crippen molar-refractivity contribution >= 4 is 47.0 Å². The topological polar surface area (TPSA) is 255 Å². The summed E-state index contributed by atoms with van der Waals surface area (Å²) in [5.41, 5.74) is 11.6. The molecule has 1 aliphatic heterocycles. The summed E-state index contributed by atoms with van der Waals surface area (Å²) in [6, 6.07) is -0.159. The summed E-state index contributed by atoms with van der Waals surface area (Å²) in [7, 11) is 0. The smallest absolute Gasteiger partial charge is 0.254 e. The molecule has 0 spiro atoms. The van der Waals surface area contributed by atoms with Gasteiger partial charge in [0.1, 0.15) is 36.3 Å². The average Bonchev–Trinajstić information content (AvgIpc) is 3.48. The minimum absolute atomic E-state index is 0.0334. The molecule has 1 fully saturated rings.